The van der Waals surface area contributed by atoms with Crippen molar-refractivity contribution in [2.45, 2.75) is 24.2 Å². The van der Waals surface area contributed by atoms with Crippen molar-refractivity contribution in [2.75, 3.05) is 30.7 Å². The summed E-state index contributed by atoms with van der Waals surface area (Å²) in [5.41, 5.74) is 0.902. The van der Waals surface area contributed by atoms with Crippen LogP contribution in [0.25, 0.3) is 0 Å². The predicted molar refractivity (Wildman–Crippen MR) is 122 cm³/mol. The van der Waals surface area contributed by atoms with Crippen LogP contribution in [0.4, 0.5) is 10.1 Å². The molecule has 5 nitrogen and oxygen atoms in total. The van der Waals surface area contributed by atoms with Gasteiger partial charge in [0.25, 0.3) is 0 Å². The highest BCUT2D eigenvalue weighted by Crippen LogP contribution is 2.16. The fraction of sp³-hybridized carbons (Fsp3) is 0.350. The summed E-state index contributed by atoms with van der Waals surface area (Å²) in [5, 5.41) is 3.29. The molecule has 3 rings (SSSR count). The number of nitrogens with one attached hydrogen (secondary N) is 1. The third kappa shape index (κ3) is 6.16. The van der Waals surface area contributed by atoms with Crippen molar-refractivity contribution in [2.24, 2.45) is 4.99 Å². The lowest BCUT2D eigenvalue weighted by Gasteiger charge is -2.30. The number of halogens is 2. The summed E-state index contributed by atoms with van der Waals surface area (Å²) >= 11 is 0. The van der Waals surface area contributed by atoms with Gasteiger partial charge in [-0.05, 0) is 43.5 Å². The first kappa shape index (κ1) is 22.6. The molecule has 1 aliphatic rings. The van der Waals surface area contributed by atoms with Gasteiger partial charge in [-0.1, -0.05) is 30.3 Å². The highest BCUT2D eigenvalue weighted by atomic mass is 127. The van der Waals surface area contributed by atoms with Gasteiger partial charge < -0.3 is 10.2 Å². The summed E-state index contributed by atoms with van der Waals surface area (Å²) in [6, 6.07) is 15.1. The summed E-state index contributed by atoms with van der Waals surface area (Å²) in [4.78, 5) is 6.39. The van der Waals surface area contributed by atoms with E-state index in [1.54, 1.807) is 0 Å². The van der Waals surface area contributed by atoms with Crippen LogP contribution in [0.3, 0.4) is 0 Å². The molecule has 1 aliphatic heterocycles. The Labute approximate surface area is 183 Å². The predicted octanol–water partition coefficient (Wildman–Crippen LogP) is 4.17. The van der Waals surface area contributed by atoms with Crippen LogP contribution in [0.15, 0.2) is 64.5 Å². The van der Waals surface area contributed by atoms with Crippen molar-refractivity contribution in [1.82, 2.24) is 4.90 Å². The van der Waals surface area contributed by atoms with Crippen LogP contribution in [0, 0.1) is 5.82 Å². The van der Waals surface area contributed by atoms with E-state index in [0.29, 0.717) is 5.96 Å². The Bertz CT molecular complexity index is 885. The third-order valence-electron chi connectivity index (χ3n) is 4.48. The van der Waals surface area contributed by atoms with E-state index in [1.165, 1.54) is 24.6 Å². The van der Waals surface area contributed by atoms with E-state index in [4.69, 9.17) is 0 Å². The zero-order valence-corrected chi connectivity index (χ0v) is 18.7. The maximum Gasteiger partial charge on any atom is 0.198 e. The number of nitrogens with zero attached hydrogens (tertiary/aromatic N) is 2. The number of anilines is 1. The number of sulfone groups is 1. The molecular formula is C20H25FIN3O2S. The molecule has 152 valence electrons. The minimum atomic E-state index is -3.72. The third-order valence-corrected chi connectivity index (χ3v) is 6.20. The van der Waals surface area contributed by atoms with Gasteiger partial charge in [-0.3, -0.25) is 4.99 Å². The van der Waals surface area contributed by atoms with Crippen LogP contribution in [-0.2, 0) is 9.84 Å². The molecule has 8 heteroatoms. The monoisotopic (exact) mass is 517 g/mol. The van der Waals surface area contributed by atoms with E-state index in [1.807, 2.05) is 30.3 Å². The molecule has 0 saturated carbocycles. The summed E-state index contributed by atoms with van der Waals surface area (Å²) in [6.07, 6.45) is 3.36. The molecule has 1 N–H and O–H groups in total. The summed E-state index contributed by atoms with van der Waals surface area (Å²) in [6.45, 7) is 1.85. The normalized spacial score (nSPS) is 15.0. The molecule has 0 atom stereocenters. The van der Waals surface area contributed by atoms with Gasteiger partial charge in [0.15, 0.2) is 15.8 Å². The largest absolute Gasteiger partial charge is 0.343 e. The van der Waals surface area contributed by atoms with E-state index in [-0.39, 0.29) is 41.2 Å². The summed E-state index contributed by atoms with van der Waals surface area (Å²) in [5.74, 6) is -0.286. The highest BCUT2D eigenvalue weighted by molar-refractivity contribution is 14.0. The second-order valence-corrected chi connectivity index (χ2v) is 8.57. The Morgan fingerprint density at radius 3 is 2.32 bits per heavy atom. The quantitative estimate of drug-likeness (QED) is 0.368. The van der Waals surface area contributed by atoms with Gasteiger partial charge in [0.05, 0.1) is 12.3 Å². The molecule has 28 heavy (non-hydrogen) atoms. The van der Waals surface area contributed by atoms with Gasteiger partial charge in [0.1, 0.15) is 10.7 Å². The molecule has 2 aromatic rings. The number of benzene rings is 2. The Kier molecular flexibility index (Phi) is 8.68. The molecule has 1 fully saturated rings. The zero-order chi connectivity index (χ0) is 19.1. The van der Waals surface area contributed by atoms with E-state index < -0.39 is 15.7 Å². The molecule has 0 unspecified atom stereocenters. The molecule has 1 heterocycles. The number of guanidine groups is 1. The standard InChI is InChI=1S/C20H24FN3O2S.HI/c21-18-11-5-6-12-19(18)27(25,26)16-13-22-20(24-14-7-2-8-15-24)23-17-9-3-1-4-10-17;/h1,3-6,9-12H,2,7-8,13-16H2,(H,22,23);1H. The fourth-order valence-electron chi connectivity index (χ4n) is 3.05. The Hall–Kier alpha value is -1.68. The van der Waals surface area contributed by atoms with Crippen molar-refractivity contribution < 1.29 is 12.8 Å². The topological polar surface area (TPSA) is 61.8 Å². The number of piperidine rings is 1. The number of hydrogen-bond donors (Lipinski definition) is 1. The lowest BCUT2D eigenvalue weighted by atomic mass is 10.1. The average Bonchev–Trinajstić information content (AvgIpc) is 2.69. The van der Waals surface area contributed by atoms with Gasteiger partial charge >= 0.3 is 0 Å². The van der Waals surface area contributed by atoms with Crippen molar-refractivity contribution in [1.29, 1.82) is 0 Å². The molecular weight excluding hydrogens is 492 g/mol. The lowest BCUT2D eigenvalue weighted by Crippen LogP contribution is -2.40. The molecule has 2 aromatic carbocycles. The SMILES string of the molecule is I.O=S(=O)(CCN=C(Nc1ccccc1)N1CCCCC1)c1ccccc1F. The Morgan fingerprint density at radius 2 is 1.64 bits per heavy atom. The number of rotatable bonds is 5. The van der Waals surface area contributed by atoms with Gasteiger partial charge in [-0.2, -0.15) is 0 Å². The molecule has 0 aliphatic carbocycles. The molecule has 0 spiro atoms. The first-order chi connectivity index (χ1) is 13.1. The number of hydrogen-bond acceptors (Lipinski definition) is 3. The van der Waals surface area contributed by atoms with E-state index in [2.05, 4.69) is 15.2 Å². The van der Waals surface area contributed by atoms with E-state index >= 15 is 0 Å². The van der Waals surface area contributed by atoms with Crippen LogP contribution in [0.1, 0.15) is 19.3 Å². The minimum Gasteiger partial charge on any atom is -0.343 e. The number of para-hydroxylation sites is 1. The van der Waals surface area contributed by atoms with Crippen molar-refractivity contribution in [3.63, 3.8) is 0 Å². The molecule has 0 aromatic heterocycles. The lowest BCUT2D eigenvalue weighted by molar-refractivity contribution is 0.340. The second kappa shape index (κ2) is 10.8. The van der Waals surface area contributed by atoms with Crippen LogP contribution in [-0.4, -0.2) is 44.7 Å². The smallest absolute Gasteiger partial charge is 0.198 e. The van der Waals surface area contributed by atoms with Crippen molar-refractivity contribution in [3.05, 3.63) is 60.4 Å². The maximum atomic E-state index is 13.8. The first-order valence-electron chi connectivity index (χ1n) is 9.15. The number of likely N-dealkylation sites (tertiary alicyclic amines) is 1. The van der Waals surface area contributed by atoms with Gasteiger partial charge in [0, 0.05) is 18.8 Å². The van der Waals surface area contributed by atoms with Crippen LogP contribution < -0.4 is 5.32 Å². The molecule has 0 amide bonds. The molecule has 0 bridgehead atoms. The summed E-state index contributed by atoms with van der Waals surface area (Å²) in [7, 11) is -3.72. The molecule has 0 radical (unpaired) electrons. The Balaban J connectivity index is 0.00000280. The van der Waals surface area contributed by atoms with Crippen LogP contribution in [0.5, 0.6) is 0 Å². The van der Waals surface area contributed by atoms with E-state index in [0.717, 1.165) is 37.7 Å². The average molecular weight is 517 g/mol. The van der Waals surface area contributed by atoms with Crippen LogP contribution >= 0.6 is 24.0 Å². The number of aliphatic imine (C=N–C) groups is 1. The minimum absolute atomic E-state index is 0. The van der Waals surface area contributed by atoms with Crippen molar-refractivity contribution >= 4 is 45.5 Å². The summed E-state index contributed by atoms with van der Waals surface area (Å²) < 4.78 is 38.7. The first-order valence-corrected chi connectivity index (χ1v) is 10.8. The molecule has 1 saturated heterocycles. The van der Waals surface area contributed by atoms with Crippen LogP contribution in [0.2, 0.25) is 0 Å². The van der Waals surface area contributed by atoms with E-state index in [9.17, 15) is 12.8 Å². The maximum absolute atomic E-state index is 13.8. The van der Waals surface area contributed by atoms with Gasteiger partial charge in [0.2, 0.25) is 0 Å². The highest BCUT2D eigenvalue weighted by Gasteiger charge is 2.19. The van der Waals surface area contributed by atoms with Gasteiger partial charge in [-0.25, -0.2) is 12.8 Å². The Morgan fingerprint density at radius 1 is 1.00 bits per heavy atom. The second-order valence-electron chi connectivity index (χ2n) is 6.49. The van der Waals surface area contributed by atoms with Gasteiger partial charge in [-0.15, -0.1) is 24.0 Å². The fourth-order valence-corrected chi connectivity index (χ4v) is 4.26. The van der Waals surface area contributed by atoms with Crippen molar-refractivity contribution in [3.8, 4) is 0 Å². The zero-order valence-electron chi connectivity index (χ0n) is 15.6.